The lowest BCUT2D eigenvalue weighted by atomic mass is 10.1. The van der Waals surface area contributed by atoms with Crippen LogP contribution in [0.4, 0.5) is 0 Å². The molecule has 1 aromatic carbocycles. The summed E-state index contributed by atoms with van der Waals surface area (Å²) in [6.07, 6.45) is 0.980. The van der Waals surface area contributed by atoms with Crippen LogP contribution in [0.25, 0.3) is 0 Å². The van der Waals surface area contributed by atoms with Crippen molar-refractivity contribution in [1.82, 2.24) is 0 Å². The van der Waals surface area contributed by atoms with Crippen LogP contribution in [0.2, 0.25) is 23.2 Å². The van der Waals surface area contributed by atoms with E-state index in [-0.39, 0.29) is 5.04 Å². The Bertz CT molecular complexity index is 398. The molecule has 0 amide bonds. The Morgan fingerprint density at radius 1 is 1.21 bits per heavy atom. The van der Waals surface area contributed by atoms with Gasteiger partial charge in [0.25, 0.3) is 0 Å². The van der Waals surface area contributed by atoms with Gasteiger partial charge in [-0.3, -0.25) is 0 Å². The van der Waals surface area contributed by atoms with E-state index in [1.807, 2.05) is 12.1 Å². The van der Waals surface area contributed by atoms with E-state index < -0.39 is 8.32 Å². The van der Waals surface area contributed by atoms with Crippen molar-refractivity contribution in [3.05, 3.63) is 34.9 Å². The summed E-state index contributed by atoms with van der Waals surface area (Å²) >= 11 is 9.62. The van der Waals surface area contributed by atoms with Crippen molar-refractivity contribution in [2.75, 3.05) is 6.61 Å². The van der Waals surface area contributed by atoms with E-state index in [2.05, 4.69) is 61.9 Å². The predicted octanol–water partition coefficient (Wildman–Crippen LogP) is 6.19. The normalized spacial score (nSPS) is 14.5. The second kappa shape index (κ2) is 6.75. The van der Waals surface area contributed by atoms with E-state index in [0.717, 1.165) is 18.1 Å². The maximum Gasteiger partial charge on any atom is 0.191 e. The summed E-state index contributed by atoms with van der Waals surface area (Å²) in [5, 5.41) is 1.05. The number of hydrogen-bond acceptors (Lipinski definition) is 1. The second-order valence-electron chi connectivity index (χ2n) is 6.42. The number of halogens is 2. The lowest BCUT2D eigenvalue weighted by Crippen LogP contribution is -2.41. The maximum atomic E-state index is 6.19. The van der Waals surface area contributed by atoms with Crippen LogP contribution in [-0.4, -0.2) is 14.9 Å². The fourth-order valence-electron chi connectivity index (χ4n) is 1.47. The van der Waals surface area contributed by atoms with Crippen molar-refractivity contribution in [2.45, 2.75) is 50.2 Å². The van der Waals surface area contributed by atoms with Gasteiger partial charge in [0.05, 0.1) is 0 Å². The van der Waals surface area contributed by atoms with Gasteiger partial charge in [0.15, 0.2) is 8.32 Å². The van der Waals surface area contributed by atoms with Crippen molar-refractivity contribution < 1.29 is 4.43 Å². The van der Waals surface area contributed by atoms with Gasteiger partial charge in [-0.25, -0.2) is 0 Å². The molecular formula is C15H24BrClOSi. The minimum Gasteiger partial charge on any atom is -0.417 e. The number of benzene rings is 1. The van der Waals surface area contributed by atoms with E-state index in [1.54, 1.807) is 0 Å². The van der Waals surface area contributed by atoms with Gasteiger partial charge in [-0.2, -0.15) is 0 Å². The Labute approximate surface area is 132 Å². The summed E-state index contributed by atoms with van der Waals surface area (Å²) in [5.74, 6) is 0. The van der Waals surface area contributed by atoms with Gasteiger partial charge in [0.2, 0.25) is 0 Å². The third-order valence-corrected chi connectivity index (χ3v) is 9.65. The van der Waals surface area contributed by atoms with Gasteiger partial charge < -0.3 is 4.43 Å². The van der Waals surface area contributed by atoms with Gasteiger partial charge in [-0.1, -0.05) is 60.4 Å². The van der Waals surface area contributed by atoms with Crippen LogP contribution in [0.3, 0.4) is 0 Å². The Hall–Kier alpha value is 0.167. The first-order valence-electron chi connectivity index (χ1n) is 6.67. The van der Waals surface area contributed by atoms with Crippen LogP contribution < -0.4 is 0 Å². The zero-order valence-corrected chi connectivity index (χ0v) is 15.8. The summed E-state index contributed by atoms with van der Waals surface area (Å²) in [4.78, 5) is 0.328. The highest BCUT2D eigenvalue weighted by atomic mass is 79.9. The molecule has 1 aromatic rings. The molecule has 1 nitrogen and oxygen atoms in total. The molecule has 108 valence electrons. The van der Waals surface area contributed by atoms with Crippen molar-refractivity contribution >= 4 is 35.8 Å². The molecule has 1 unspecified atom stereocenters. The molecule has 0 N–H and O–H groups in total. The van der Waals surface area contributed by atoms with Crippen LogP contribution in [0, 0.1) is 0 Å². The largest absolute Gasteiger partial charge is 0.417 e. The minimum atomic E-state index is -1.62. The van der Waals surface area contributed by atoms with Gasteiger partial charge in [-0.05, 0) is 42.2 Å². The molecule has 0 heterocycles. The summed E-state index contributed by atoms with van der Waals surface area (Å²) in [6, 6.07) is 7.99. The minimum absolute atomic E-state index is 0.273. The van der Waals surface area contributed by atoms with Crippen molar-refractivity contribution in [2.24, 2.45) is 0 Å². The van der Waals surface area contributed by atoms with Crippen LogP contribution in [0.1, 0.15) is 37.6 Å². The summed E-state index contributed by atoms with van der Waals surface area (Å²) < 4.78 is 6.19. The summed E-state index contributed by atoms with van der Waals surface area (Å²) in [7, 11) is -1.62. The smallest absolute Gasteiger partial charge is 0.191 e. The molecule has 0 spiro atoms. The van der Waals surface area contributed by atoms with Gasteiger partial charge in [0.1, 0.15) is 0 Å². The molecular weight excluding hydrogens is 340 g/mol. The van der Waals surface area contributed by atoms with Gasteiger partial charge in [0, 0.05) is 16.5 Å². The van der Waals surface area contributed by atoms with E-state index in [0.29, 0.717) is 4.83 Å². The standard InChI is InChI=1S/C15H24BrClOSi/c1-15(2,3)19(4,5)18-11-10-14(16)12-6-8-13(17)9-7-12/h6-9,14H,10-11H2,1-5H3. The first-order valence-corrected chi connectivity index (χ1v) is 10.9. The van der Waals surface area contributed by atoms with Crippen molar-refractivity contribution in [1.29, 1.82) is 0 Å². The molecule has 0 aliphatic rings. The molecule has 0 saturated heterocycles. The molecule has 0 radical (unpaired) electrons. The Morgan fingerprint density at radius 3 is 2.21 bits per heavy atom. The average molecular weight is 364 g/mol. The highest BCUT2D eigenvalue weighted by Gasteiger charge is 2.36. The van der Waals surface area contributed by atoms with E-state index in [4.69, 9.17) is 16.0 Å². The van der Waals surface area contributed by atoms with E-state index in [9.17, 15) is 0 Å². The summed E-state index contributed by atoms with van der Waals surface area (Å²) in [5.41, 5.74) is 1.25. The number of rotatable bonds is 5. The zero-order valence-electron chi connectivity index (χ0n) is 12.5. The molecule has 0 bridgehead atoms. The average Bonchev–Trinajstić information content (AvgIpc) is 2.28. The molecule has 0 aliphatic heterocycles. The third kappa shape index (κ3) is 5.22. The fraction of sp³-hybridized carbons (Fsp3) is 0.600. The lowest BCUT2D eigenvalue weighted by Gasteiger charge is -2.36. The maximum absolute atomic E-state index is 6.19. The predicted molar refractivity (Wildman–Crippen MR) is 90.9 cm³/mol. The molecule has 4 heteroatoms. The molecule has 1 atom stereocenters. The molecule has 19 heavy (non-hydrogen) atoms. The van der Waals surface area contributed by atoms with Crippen molar-refractivity contribution in [3.8, 4) is 0 Å². The Balaban J connectivity index is 2.47. The quantitative estimate of drug-likeness (QED) is 0.448. The van der Waals surface area contributed by atoms with E-state index in [1.165, 1.54) is 5.56 Å². The monoisotopic (exact) mass is 362 g/mol. The van der Waals surface area contributed by atoms with Crippen LogP contribution in [-0.2, 0) is 4.43 Å². The first kappa shape index (κ1) is 17.2. The van der Waals surface area contributed by atoms with Crippen LogP contribution in [0.5, 0.6) is 0 Å². The number of hydrogen-bond donors (Lipinski definition) is 0. The topological polar surface area (TPSA) is 9.23 Å². The van der Waals surface area contributed by atoms with Gasteiger partial charge >= 0.3 is 0 Å². The lowest BCUT2D eigenvalue weighted by molar-refractivity contribution is 0.282. The van der Waals surface area contributed by atoms with E-state index >= 15 is 0 Å². The van der Waals surface area contributed by atoms with Crippen molar-refractivity contribution in [3.63, 3.8) is 0 Å². The molecule has 0 aliphatic carbocycles. The third-order valence-electron chi connectivity index (χ3n) is 3.87. The number of alkyl halides is 1. The second-order valence-corrected chi connectivity index (χ2v) is 12.8. The molecule has 0 saturated carbocycles. The Kier molecular flexibility index (Phi) is 6.12. The SMILES string of the molecule is CC(C)(C)[Si](C)(C)OCCC(Br)c1ccc(Cl)cc1. The highest BCUT2D eigenvalue weighted by molar-refractivity contribution is 9.09. The molecule has 0 fully saturated rings. The highest BCUT2D eigenvalue weighted by Crippen LogP contribution is 2.37. The van der Waals surface area contributed by atoms with Gasteiger partial charge in [-0.15, -0.1) is 0 Å². The van der Waals surface area contributed by atoms with Crippen LogP contribution >= 0.6 is 27.5 Å². The summed E-state index contributed by atoms with van der Waals surface area (Å²) in [6.45, 7) is 12.2. The van der Waals surface area contributed by atoms with Crippen LogP contribution in [0.15, 0.2) is 24.3 Å². The Morgan fingerprint density at radius 2 is 1.74 bits per heavy atom. The first-order chi connectivity index (χ1) is 8.63. The molecule has 0 aromatic heterocycles. The fourth-order valence-corrected chi connectivity index (χ4v) is 3.15. The zero-order chi connectivity index (χ0) is 14.7. The molecule has 1 rings (SSSR count).